The summed E-state index contributed by atoms with van der Waals surface area (Å²) in [5, 5.41) is 11.8. The number of hydrogen-bond donors (Lipinski definition) is 2. The molecule has 1 saturated heterocycles. The van der Waals surface area contributed by atoms with Crippen LogP contribution in [-0.4, -0.2) is 28.9 Å². The predicted octanol–water partition coefficient (Wildman–Crippen LogP) is 4.94. The Kier molecular flexibility index (Phi) is 6.86. The number of hydrogen-bond acceptors (Lipinski definition) is 5. The van der Waals surface area contributed by atoms with Gasteiger partial charge in [-0.05, 0) is 65.7 Å². The van der Waals surface area contributed by atoms with E-state index in [4.69, 9.17) is 33.0 Å². The molecule has 1 heterocycles. The summed E-state index contributed by atoms with van der Waals surface area (Å²) in [6.07, 6.45) is 1.33. The number of aromatic carboxylic acids is 1. The summed E-state index contributed by atoms with van der Waals surface area (Å²) in [6, 6.07) is 16.1. The maximum atomic E-state index is 13.0. The Morgan fingerprint density at radius 2 is 1.66 bits per heavy atom. The number of urea groups is 1. The number of anilines is 1. The minimum atomic E-state index is -1.02. The molecule has 4 amide bonds. The number of carboxylic acids is 1. The van der Waals surface area contributed by atoms with Gasteiger partial charge in [-0.25, -0.2) is 14.5 Å². The number of ether oxygens (including phenoxy) is 1. The van der Waals surface area contributed by atoms with E-state index in [1.807, 2.05) is 0 Å². The summed E-state index contributed by atoms with van der Waals surface area (Å²) in [7, 11) is 0. The molecule has 0 aromatic heterocycles. The highest BCUT2D eigenvalue weighted by atomic mass is 35.5. The number of rotatable bonds is 6. The third-order valence-electron chi connectivity index (χ3n) is 5.05. The number of benzene rings is 3. The van der Waals surface area contributed by atoms with E-state index in [0.717, 1.165) is 10.5 Å². The molecule has 0 unspecified atom stereocenters. The first-order chi connectivity index (χ1) is 16.7. The van der Waals surface area contributed by atoms with E-state index in [2.05, 4.69) is 5.32 Å². The van der Waals surface area contributed by atoms with Gasteiger partial charge in [0.1, 0.15) is 17.9 Å². The molecule has 1 aliphatic rings. The smallest absolute Gasteiger partial charge is 0.335 e. The van der Waals surface area contributed by atoms with Gasteiger partial charge in [0.05, 0.1) is 16.3 Å². The number of halogens is 2. The lowest BCUT2D eigenvalue weighted by molar-refractivity contribution is -0.122. The third kappa shape index (κ3) is 5.34. The summed E-state index contributed by atoms with van der Waals surface area (Å²) >= 11 is 12.2. The maximum Gasteiger partial charge on any atom is 0.335 e. The van der Waals surface area contributed by atoms with Crippen LogP contribution >= 0.6 is 23.2 Å². The van der Waals surface area contributed by atoms with Gasteiger partial charge < -0.3 is 9.84 Å². The van der Waals surface area contributed by atoms with Crippen LogP contribution in [0.2, 0.25) is 10.0 Å². The Balaban J connectivity index is 1.52. The zero-order valence-corrected chi connectivity index (χ0v) is 19.3. The van der Waals surface area contributed by atoms with Crippen LogP contribution in [0.5, 0.6) is 5.75 Å². The van der Waals surface area contributed by atoms with E-state index in [1.165, 1.54) is 48.5 Å². The molecule has 176 valence electrons. The van der Waals surface area contributed by atoms with Crippen molar-refractivity contribution < 1.29 is 29.0 Å². The Morgan fingerprint density at radius 1 is 0.971 bits per heavy atom. The van der Waals surface area contributed by atoms with Crippen LogP contribution in [0, 0.1) is 0 Å². The second kappa shape index (κ2) is 10.0. The standard InChI is InChI=1S/C25H16Cl2N2O6/c26-17-6-8-18(9-7-17)29-23(31)19(22(30)28-25(29)34)11-15-3-10-21(20(27)12-15)35-13-14-1-4-16(5-2-14)24(32)33/h1-12H,13H2,(H,32,33)(H,28,30,34)/b19-11+. The van der Waals surface area contributed by atoms with E-state index in [0.29, 0.717) is 16.3 Å². The van der Waals surface area contributed by atoms with Gasteiger partial charge in [-0.3, -0.25) is 14.9 Å². The van der Waals surface area contributed by atoms with E-state index in [1.54, 1.807) is 24.3 Å². The summed E-state index contributed by atoms with van der Waals surface area (Å²) < 4.78 is 5.70. The molecule has 35 heavy (non-hydrogen) atoms. The fraction of sp³-hybridized carbons (Fsp3) is 0.0400. The molecule has 1 fully saturated rings. The van der Waals surface area contributed by atoms with Crippen LogP contribution in [0.3, 0.4) is 0 Å². The Bertz CT molecular complexity index is 1370. The molecule has 10 heteroatoms. The number of imide groups is 2. The quantitative estimate of drug-likeness (QED) is 0.358. The minimum Gasteiger partial charge on any atom is -0.487 e. The second-order valence-corrected chi connectivity index (χ2v) is 8.26. The van der Waals surface area contributed by atoms with Gasteiger partial charge in [-0.15, -0.1) is 0 Å². The highest BCUT2D eigenvalue weighted by Gasteiger charge is 2.36. The summed E-state index contributed by atoms with van der Waals surface area (Å²) in [6.45, 7) is 0.152. The molecule has 0 bridgehead atoms. The molecular weight excluding hydrogens is 495 g/mol. The topological polar surface area (TPSA) is 113 Å². The average molecular weight is 511 g/mol. The van der Waals surface area contributed by atoms with Gasteiger partial charge in [0.25, 0.3) is 11.8 Å². The van der Waals surface area contributed by atoms with E-state index >= 15 is 0 Å². The minimum absolute atomic E-state index is 0.152. The lowest BCUT2D eigenvalue weighted by atomic mass is 10.1. The van der Waals surface area contributed by atoms with E-state index in [9.17, 15) is 19.2 Å². The highest BCUT2D eigenvalue weighted by Crippen LogP contribution is 2.29. The number of carboxylic acid groups (broad SMARTS) is 1. The summed E-state index contributed by atoms with van der Waals surface area (Å²) in [5.74, 6) is -2.28. The third-order valence-corrected chi connectivity index (χ3v) is 5.60. The van der Waals surface area contributed by atoms with Crippen molar-refractivity contribution in [2.45, 2.75) is 6.61 Å². The van der Waals surface area contributed by atoms with Crippen molar-refractivity contribution in [2.24, 2.45) is 0 Å². The molecule has 0 atom stereocenters. The Hall–Kier alpha value is -4.14. The van der Waals surface area contributed by atoms with Crippen molar-refractivity contribution in [3.8, 4) is 5.75 Å². The molecule has 0 saturated carbocycles. The maximum absolute atomic E-state index is 13.0. The molecule has 1 aliphatic heterocycles. The number of carbonyl (C=O) groups excluding carboxylic acids is 3. The number of nitrogens with zero attached hydrogens (tertiary/aromatic N) is 1. The zero-order valence-electron chi connectivity index (χ0n) is 17.8. The Labute approximate surface area is 209 Å². The molecule has 0 spiro atoms. The predicted molar refractivity (Wildman–Crippen MR) is 130 cm³/mol. The van der Waals surface area contributed by atoms with Crippen LogP contribution in [0.25, 0.3) is 6.08 Å². The molecule has 4 rings (SSSR count). The molecule has 0 radical (unpaired) electrons. The first kappa shape index (κ1) is 24.0. The van der Waals surface area contributed by atoms with Gasteiger partial charge >= 0.3 is 12.0 Å². The van der Waals surface area contributed by atoms with Crippen molar-refractivity contribution in [3.05, 3.63) is 99.0 Å². The molecule has 0 aliphatic carbocycles. The van der Waals surface area contributed by atoms with Crippen molar-refractivity contribution in [1.82, 2.24) is 5.32 Å². The molecule has 2 N–H and O–H groups in total. The van der Waals surface area contributed by atoms with Crippen molar-refractivity contribution in [2.75, 3.05) is 4.90 Å². The monoisotopic (exact) mass is 510 g/mol. The van der Waals surface area contributed by atoms with Gasteiger partial charge in [-0.2, -0.15) is 0 Å². The first-order valence-corrected chi connectivity index (χ1v) is 10.9. The SMILES string of the molecule is O=C1NC(=O)N(c2ccc(Cl)cc2)C(=O)/C1=C/c1ccc(OCc2ccc(C(=O)O)cc2)c(Cl)c1. The molecular formula is C25H16Cl2N2O6. The number of nitrogens with one attached hydrogen (secondary N) is 1. The van der Waals surface area contributed by atoms with E-state index in [-0.39, 0.29) is 28.5 Å². The van der Waals surface area contributed by atoms with Crippen LogP contribution < -0.4 is 15.0 Å². The largest absolute Gasteiger partial charge is 0.487 e. The van der Waals surface area contributed by atoms with Crippen molar-refractivity contribution in [3.63, 3.8) is 0 Å². The van der Waals surface area contributed by atoms with Crippen LogP contribution in [-0.2, 0) is 16.2 Å². The summed E-state index contributed by atoms with van der Waals surface area (Å²) in [5.41, 5.74) is 1.36. The number of amides is 4. The molecule has 3 aromatic carbocycles. The van der Waals surface area contributed by atoms with Gasteiger partial charge in [0.15, 0.2) is 0 Å². The number of barbiturate groups is 1. The van der Waals surface area contributed by atoms with Gasteiger partial charge in [0, 0.05) is 5.02 Å². The van der Waals surface area contributed by atoms with E-state index < -0.39 is 23.8 Å². The normalized spacial score (nSPS) is 14.7. The highest BCUT2D eigenvalue weighted by molar-refractivity contribution is 6.39. The Morgan fingerprint density at radius 3 is 2.29 bits per heavy atom. The second-order valence-electron chi connectivity index (χ2n) is 7.41. The molecule has 8 nitrogen and oxygen atoms in total. The van der Waals surface area contributed by atoms with Crippen LogP contribution in [0.15, 0.2) is 72.3 Å². The van der Waals surface area contributed by atoms with Crippen LogP contribution in [0.4, 0.5) is 10.5 Å². The van der Waals surface area contributed by atoms with Crippen molar-refractivity contribution >= 4 is 58.8 Å². The molecule has 3 aromatic rings. The number of carbonyl (C=O) groups is 4. The fourth-order valence-electron chi connectivity index (χ4n) is 3.28. The van der Waals surface area contributed by atoms with Gasteiger partial charge in [0.2, 0.25) is 0 Å². The average Bonchev–Trinajstić information content (AvgIpc) is 2.82. The van der Waals surface area contributed by atoms with Crippen molar-refractivity contribution in [1.29, 1.82) is 0 Å². The lowest BCUT2D eigenvalue weighted by Gasteiger charge is -2.26. The fourth-order valence-corrected chi connectivity index (χ4v) is 3.65. The zero-order chi connectivity index (χ0) is 25.1. The first-order valence-electron chi connectivity index (χ1n) is 10.1. The summed E-state index contributed by atoms with van der Waals surface area (Å²) in [4.78, 5) is 49.4. The van der Waals surface area contributed by atoms with Gasteiger partial charge in [-0.1, -0.05) is 41.4 Å². The van der Waals surface area contributed by atoms with Crippen LogP contribution in [0.1, 0.15) is 21.5 Å². The lowest BCUT2D eigenvalue weighted by Crippen LogP contribution is -2.54.